The number of hydrogen-bond acceptors (Lipinski definition) is 3. The molecular formula is C38H32BO3P. The van der Waals surface area contributed by atoms with Crippen molar-refractivity contribution < 1.29 is 13.9 Å². The van der Waals surface area contributed by atoms with Crippen LogP contribution >= 0.6 is 8.46 Å². The van der Waals surface area contributed by atoms with Gasteiger partial charge in [0.25, 0.3) is 0 Å². The molecule has 0 unspecified atom stereocenters. The van der Waals surface area contributed by atoms with Crippen LogP contribution in [0.5, 0.6) is 0 Å². The molecule has 5 heteroatoms. The Bertz CT molecular complexity index is 1930. The lowest BCUT2D eigenvalue weighted by atomic mass is 9.71. The Morgan fingerprint density at radius 2 is 0.953 bits per heavy atom. The molecule has 1 saturated heterocycles. The molecule has 0 aromatic heterocycles. The molecule has 0 radical (unpaired) electrons. The summed E-state index contributed by atoms with van der Waals surface area (Å²) in [5, 5.41) is 5.20. The van der Waals surface area contributed by atoms with Crippen molar-refractivity contribution in [1.29, 1.82) is 0 Å². The molecule has 6 aromatic carbocycles. The van der Waals surface area contributed by atoms with Crippen molar-refractivity contribution in [3.63, 3.8) is 0 Å². The third kappa shape index (κ3) is 4.53. The van der Waals surface area contributed by atoms with Crippen molar-refractivity contribution in [3.8, 4) is 33.4 Å². The van der Waals surface area contributed by atoms with Crippen LogP contribution in [0.15, 0.2) is 121 Å². The minimum absolute atomic E-state index is 0.0173. The average molecular weight is 578 g/mol. The first-order chi connectivity index (χ1) is 20.8. The molecule has 0 N–H and O–H groups in total. The van der Waals surface area contributed by atoms with Crippen LogP contribution in [0.2, 0.25) is 0 Å². The van der Waals surface area contributed by atoms with E-state index in [1.54, 1.807) is 0 Å². The van der Waals surface area contributed by atoms with Gasteiger partial charge >= 0.3 is 7.12 Å². The lowest BCUT2D eigenvalue weighted by Gasteiger charge is -2.32. The highest BCUT2D eigenvalue weighted by Crippen LogP contribution is 2.46. The van der Waals surface area contributed by atoms with Gasteiger partial charge in [0.2, 0.25) is 0 Å². The molecule has 0 spiro atoms. The summed E-state index contributed by atoms with van der Waals surface area (Å²) in [4.78, 5) is 0. The maximum atomic E-state index is 12.6. The smallest absolute Gasteiger partial charge is 0.399 e. The first-order valence-electron chi connectivity index (χ1n) is 14.7. The summed E-state index contributed by atoms with van der Waals surface area (Å²) in [6, 6.07) is 42.0. The molecule has 1 fully saturated rings. The van der Waals surface area contributed by atoms with Crippen molar-refractivity contribution in [2.45, 2.75) is 38.9 Å². The van der Waals surface area contributed by atoms with Gasteiger partial charge in [-0.2, -0.15) is 0 Å². The predicted octanol–water partition coefficient (Wildman–Crippen LogP) is 9.21. The van der Waals surface area contributed by atoms with Crippen LogP contribution in [0.4, 0.5) is 0 Å². The molecule has 1 aliphatic heterocycles. The second-order valence-corrected chi connectivity index (χ2v) is 12.8. The minimum Gasteiger partial charge on any atom is -0.399 e. The lowest BCUT2D eigenvalue weighted by molar-refractivity contribution is 0.00578. The van der Waals surface area contributed by atoms with E-state index in [4.69, 9.17) is 9.31 Å². The summed E-state index contributed by atoms with van der Waals surface area (Å²) in [5.74, 6) is 0. The summed E-state index contributed by atoms with van der Waals surface area (Å²) in [7, 11) is -0.528. The van der Waals surface area contributed by atoms with E-state index < -0.39 is 18.3 Å². The van der Waals surface area contributed by atoms with Gasteiger partial charge < -0.3 is 9.31 Å². The van der Waals surface area contributed by atoms with Crippen molar-refractivity contribution >= 4 is 47.9 Å². The highest BCUT2D eigenvalue weighted by atomic mass is 31.1. The molecule has 0 bridgehead atoms. The fourth-order valence-corrected chi connectivity index (χ4v) is 6.81. The van der Waals surface area contributed by atoms with Crippen LogP contribution in [0.25, 0.3) is 54.9 Å². The normalized spacial score (nSPS) is 15.9. The molecule has 1 aliphatic rings. The lowest BCUT2D eigenvalue weighted by Crippen LogP contribution is -2.41. The number of fused-ring (bicyclic) bond motifs is 2. The highest BCUT2D eigenvalue weighted by molar-refractivity contribution is 7.34. The largest absolute Gasteiger partial charge is 0.496 e. The zero-order valence-electron chi connectivity index (χ0n) is 24.8. The molecule has 3 nitrogen and oxygen atoms in total. The number of rotatable bonds is 5. The van der Waals surface area contributed by atoms with Gasteiger partial charge in [-0.1, -0.05) is 115 Å². The first-order valence-corrected chi connectivity index (χ1v) is 15.5. The van der Waals surface area contributed by atoms with Crippen LogP contribution in [0.3, 0.4) is 0 Å². The SMILES string of the molecule is CC1(C)OB(c2c3ccccc3c(-c3ccc(P=O)c(-c4ccccc4)c3-c3ccccc3)c3ccccc23)OC1(C)C. The van der Waals surface area contributed by atoms with Crippen LogP contribution < -0.4 is 10.8 Å². The fourth-order valence-electron chi connectivity index (χ4n) is 6.34. The van der Waals surface area contributed by atoms with Crippen LogP contribution in [-0.2, 0) is 13.9 Å². The van der Waals surface area contributed by atoms with E-state index >= 15 is 0 Å². The van der Waals surface area contributed by atoms with E-state index in [0.29, 0.717) is 0 Å². The van der Waals surface area contributed by atoms with E-state index in [1.807, 2.05) is 30.3 Å². The molecular weight excluding hydrogens is 546 g/mol. The fraction of sp³-hybridized carbons (Fsp3) is 0.158. The predicted molar refractivity (Wildman–Crippen MR) is 181 cm³/mol. The quantitative estimate of drug-likeness (QED) is 0.116. The Morgan fingerprint density at radius 1 is 0.512 bits per heavy atom. The third-order valence-electron chi connectivity index (χ3n) is 9.14. The van der Waals surface area contributed by atoms with Gasteiger partial charge in [0.05, 0.1) is 16.5 Å². The van der Waals surface area contributed by atoms with Crippen molar-refractivity contribution in [2.24, 2.45) is 0 Å². The highest BCUT2D eigenvalue weighted by Gasteiger charge is 2.52. The molecule has 210 valence electrons. The van der Waals surface area contributed by atoms with Gasteiger partial charge in [0, 0.05) is 5.56 Å². The Balaban J connectivity index is 1.62. The Labute approximate surface area is 254 Å². The second-order valence-electron chi connectivity index (χ2n) is 12.2. The van der Waals surface area contributed by atoms with Gasteiger partial charge in [-0.05, 0) is 88.6 Å². The summed E-state index contributed by atoms with van der Waals surface area (Å²) in [6.45, 7) is 8.39. The van der Waals surface area contributed by atoms with Gasteiger partial charge in [-0.25, -0.2) is 0 Å². The van der Waals surface area contributed by atoms with Gasteiger partial charge in [-0.15, -0.1) is 0 Å². The molecule has 0 saturated carbocycles. The molecule has 0 amide bonds. The summed E-state index contributed by atoms with van der Waals surface area (Å²) in [5.41, 5.74) is 6.49. The summed E-state index contributed by atoms with van der Waals surface area (Å²) >= 11 is 0. The summed E-state index contributed by atoms with van der Waals surface area (Å²) in [6.07, 6.45) is 0. The molecule has 0 aliphatic carbocycles. The van der Waals surface area contributed by atoms with Crippen LogP contribution in [-0.4, -0.2) is 18.3 Å². The standard InChI is InChI=1S/C38H32BO3P/c1-37(2)38(3,4)42-39(41-37)36-29-21-13-11-19-27(29)35(28-20-12-14-22-30(28)36)31-23-24-32(43-40)34(26-17-9-6-10-18-26)33(31)25-15-7-5-8-16-25/h5-24H,1-4H3. The first kappa shape index (κ1) is 27.7. The monoisotopic (exact) mass is 578 g/mol. The second kappa shape index (κ2) is 10.6. The van der Waals surface area contributed by atoms with Gasteiger partial charge in [-0.3, -0.25) is 4.57 Å². The Morgan fingerprint density at radius 3 is 1.44 bits per heavy atom. The summed E-state index contributed by atoms with van der Waals surface area (Å²) < 4.78 is 25.9. The van der Waals surface area contributed by atoms with Gasteiger partial charge in [0.1, 0.15) is 0 Å². The van der Waals surface area contributed by atoms with Gasteiger partial charge in [0.15, 0.2) is 8.46 Å². The van der Waals surface area contributed by atoms with Crippen molar-refractivity contribution in [3.05, 3.63) is 121 Å². The van der Waals surface area contributed by atoms with E-state index in [0.717, 1.165) is 65.7 Å². The van der Waals surface area contributed by atoms with Crippen LogP contribution in [0.1, 0.15) is 27.7 Å². The van der Waals surface area contributed by atoms with Crippen molar-refractivity contribution in [2.75, 3.05) is 0 Å². The topological polar surface area (TPSA) is 35.5 Å². The van der Waals surface area contributed by atoms with E-state index in [-0.39, 0.29) is 8.46 Å². The average Bonchev–Trinajstić information content (AvgIpc) is 3.25. The molecule has 43 heavy (non-hydrogen) atoms. The minimum atomic E-state index is -0.510. The van der Waals surface area contributed by atoms with E-state index in [1.165, 1.54) is 0 Å². The third-order valence-corrected chi connectivity index (χ3v) is 9.71. The Hall–Kier alpha value is -4.08. The number of hydrogen-bond donors (Lipinski definition) is 0. The van der Waals surface area contributed by atoms with Crippen LogP contribution in [0, 0.1) is 0 Å². The molecule has 0 atom stereocenters. The van der Waals surface area contributed by atoms with Crippen molar-refractivity contribution in [1.82, 2.24) is 0 Å². The maximum Gasteiger partial charge on any atom is 0.496 e. The molecule has 1 heterocycles. The Kier molecular flexibility index (Phi) is 6.82. The maximum absolute atomic E-state index is 12.6. The molecule has 7 rings (SSSR count). The van der Waals surface area contributed by atoms with E-state index in [2.05, 4.69) is 119 Å². The zero-order valence-corrected chi connectivity index (χ0v) is 25.7. The molecule has 6 aromatic rings. The van der Waals surface area contributed by atoms with E-state index in [9.17, 15) is 4.57 Å². The number of benzene rings is 6. The zero-order chi connectivity index (χ0) is 29.8.